The fraction of sp³-hybridized carbons (Fsp3) is 0.444. The molecule has 0 bridgehead atoms. The Morgan fingerprint density at radius 1 is 1.15 bits per heavy atom. The quantitative estimate of drug-likeness (QED) is 0.744. The molecule has 138 valence electrons. The van der Waals surface area contributed by atoms with Crippen LogP contribution in [0.3, 0.4) is 0 Å². The molecule has 1 atom stereocenters. The largest absolute Gasteiger partial charge is 0.335 e. The predicted molar refractivity (Wildman–Crippen MR) is 93.0 cm³/mol. The van der Waals surface area contributed by atoms with Crippen molar-refractivity contribution in [2.45, 2.75) is 32.9 Å². The van der Waals surface area contributed by atoms with Crippen molar-refractivity contribution in [1.82, 2.24) is 20.4 Å². The number of benzene rings is 1. The number of nitrogens with one attached hydrogen (secondary N) is 2. The molecule has 5 amide bonds. The maximum atomic E-state index is 12.4. The Kier molecular flexibility index (Phi) is 4.92. The first-order valence-corrected chi connectivity index (χ1v) is 8.56. The Bertz CT molecular complexity index is 776. The van der Waals surface area contributed by atoms with E-state index >= 15 is 0 Å². The maximum Gasteiger partial charge on any atom is 0.322 e. The number of amides is 5. The molecule has 2 aliphatic heterocycles. The van der Waals surface area contributed by atoms with Gasteiger partial charge < -0.3 is 15.1 Å². The van der Waals surface area contributed by atoms with Crippen molar-refractivity contribution in [2.24, 2.45) is 0 Å². The van der Waals surface area contributed by atoms with E-state index in [1.54, 1.807) is 4.90 Å². The molecule has 2 saturated heterocycles. The fourth-order valence-electron chi connectivity index (χ4n) is 3.12. The van der Waals surface area contributed by atoms with Crippen LogP contribution in [0.2, 0.25) is 0 Å². The van der Waals surface area contributed by atoms with E-state index in [2.05, 4.69) is 16.7 Å². The number of piperazine rings is 1. The molecule has 8 heteroatoms. The number of carbonyl (C=O) groups is 4. The molecule has 2 heterocycles. The molecule has 26 heavy (non-hydrogen) atoms. The molecule has 0 radical (unpaired) electrons. The number of imide groups is 1. The van der Waals surface area contributed by atoms with Crippen molar-refractivity contribution in [2.75, 3.05) is 19.6 Å². The Hall–Kier alpha value is -2.90. The van der Waals surface area contributed by atoms with Crippen LogP contribution in [-0.2, 0) is 20.9 Å². The van der Waals surface area contributed by atoms with Crippen LogP contribution in [0.1, 0.15) is 23.1 Å². The topological polar surface area (TPSA) is 98.8 Å². The third kappa shape index (κ3) is 3.84. The van der Waals surface area contributed by atoms with Crippen molar-refractivity contribution in [1.29, 1.82) is 0 Å². The summed E-state index contributed by atoms with van der Waals surface area (Å²) in [5.74, 6) is -0.947. The Morgan fingerprint density at radius 2 is 1.92 bits per heavy atom. The number of aryl methyl sites for hydroxylation is 2. The molecule has 2 fully saturated rings. The molecule has 2 N–H and O–H groups in total. The summed E-state index contributed by atoms with van der Waals surface area (Å²) >= 11 is 0. The number of hydrogen-bond acceptors (Lipinski definition) is 4. The highest BCUT2D eigenvalue weighted by Crippen LogP contribution is 2.15. The monoisotopic (exact) mass is 358 g/mol. The van der Waals surface area contributed by atoms with Crippen LogP contribution in [0.4, 0.5) is 4.79 Å². The van der Waals surface area contributed by atoms with Gasteiger partial charge >= 0.3 is 6.03 Å². The summed E-state index contributed by atoms with van der Waals surface area (Å²) in [6, 6.07) is 4.66. The van der Waals surface area contributed by atoms with Crippen LogP contribution in [0, 0.1) is 13.8 Å². The van der Waals surface area contributed by atoms with Crippen molar-refractivity contribution in [3.8, 4) is 0 Å². The zero-order valence-electron chi connectivity index (χ0n) is 14.9. The lowest BCUT2D eigenvalue weighted by atomic mass is 10.1. The number of nitrogens with zero attached hydrogens (tertiary/aromatic N) is 2. The molecule has 0 saturated carbocycles. The molecule has 0 aliphatic carbocycles. The second kappa shape index (κ2) is 7.15. The Balaban J connectivity index is 1.55. The molecule has 3 rings (SSSR count). The molecule has 0 spiro atoms. The van der Waals surface area contributed by atoms with Crippen LogP contribution in [0.5, 0.6) is 0 Å². The number of hydrogen-bond donors (Lipinski definition) is 2. The minimum Gasteiger partial charge on any atom is -0.335 e. The summed E-state index contributed by atoms with van der Waals surface area (Å²) in [5, 5.41) is 4.49. The summed E-state index contributed by atoms with van der Waals surface area (Å²) < 4.78 is 0. The average Bonchev–Trinajstić information content (AvgIpc) is 2.90. The van der Waals surface area contributed by atoms with Crippen molar-refractivity contribution in [3.05, 3.63) is 34.9 Å². The van der Waals surface area contributed by atoms with Gasteiger partial charge in [0.2, 0.25) is 11.8 Å². The second-order valence-electron chi connectivity index (χ2n) is 6.77. The second-order valence-corrected chi connectivity index (χ2v) is 6.77. The molecule has 1 aromatic carbocycles. The summed E-state index contributed by atoms with van der Waals surface area (Å²) in [6.07, 6.45) is -0.137. The van der Waals surface area contributed by atoms with Crippen LogP contribution in [0.15, 0.2) is 18.2 Å². The summed E-state index contributed by atoms with van der Waals surface area (Å²) in [4.78, 5) is 50.5. The number of carbonyl (C=O) groups excluding carboxylic acids is 4. The minimum absolute atomic E-state index is 0.00797. The predicted octanol–water partition coefficient (Wildman–Crippen LogP) is 0.0723. The van der Waals surface area contributed by atoms with Crippen molar-refractivity contribution in [3.63, 3.8) is 0 Å². The number of urea groups is 1. The third-order valence-electron chi connectivity index (χ3n) is 4.85. The Labute approximate surface area is 151 Å². The summed E-state index contributed by atoms with van der Waals surface area (Å²) in [6.45, 7) is 5.45. The Morgan fingerprint density at radius 3 is 2.54 bits per heavy atom. The highest BCUT2D eigenvalue weighted by Gasteiger charge is 2.34. The average molecular weight is 358 g/mol. The highest BCUT2D eigenvalue weighted by molar-refractivity contribution is 6.05. The smallest absolute Gasteiger partial charge is 0.322 e. The van der Waals surface area contributed by atoms with E-state index in [-0.39, 0.29) is 24.8 Å². The highest BCUT2D eigenvalue weighted by atomic mass is 16.2. The van der Waals surface area contributed by atoms with Gasteiger partial charge in [-0.25, -0.2) is 4.79 Å². The van der Waals surface area contributed by atoms with Crippen LogP contribution >= 0.6 is 0 Å². The van der Waals surface area contributed by atoms with Crippen LogP contribution in [0.25, 0.3) is 0 Å². The zero-order valence-corrected chi connectivity index (χ0v) is 14.9. The molecule has 8 nitrogen and oxygen atoms in total. The lowest BCUT2D eigenvalue weighted by Gasteiger charge is -2.34. The van der Waals surface area contributed by atoms with Gasteiger partial charge in [0.15, 0.2) is 0 Å². The van der Waals surface area contributed by atoms with E-state index in [0.29, 0.717) is 19.6 Å². The maximum absolute atomic E-state index is 12.4. The normalized spacial score (nSPS) is 20.2. The zero-order chi connectivity index (χ0) is 18.8. The van der Waals surface area contributed by atoms with Gasteiger partial charge in [-0.2, -0.15) is 0 Å². The third-order valence-corrected chi connectivity index (χ3v) is 4.85. The molecule has 0 unspecified atom stereocenters. The van der Waals surface area contributed by atoms with Gasteiger partial charge in [-0.3, -0.25) is 19.7 Å². The van der Waals surface area contributed by atoms with E-state index in [1.165, 1.54) is 16.0 Å². The molecule has 1 aromatic rings. The van der Waals surface area contributed by atoms with Gasteiger partial charge in [-0.05, 0) is 30.5 Å². The van der Waals surface area contributed by atoms with Gasteiger partial charge in [-0.15, -0.1) is 0 Å². The van der Waals surface area contributed by atoms with E-state index in [9.17, 15) is 19.2 Å². The molecular weight excluding hydrogens is 336 g/mol. The SMILES string of the molecule is Cc1ccc(CN2CCN(C(=O)C[C@H]3NC(=O)NC3=O)CC2=O)cc1C. The van der Waals surface area contributed by atoms with E-state index in [1.807, 2.05) is 26.0 Å². The van der Waals surface area contributed by atoms with E-state index in [0.717, 1.165) is 5.56 Å². The van der Waals surface area contributed by atoms with Gasteiger partial charge in [0.25, 0.3) is 5.91 Å². The van der Waals surface area contributed by atoms with E-state index < -0.39 is 18.0 Å². The molecule has 0 aromatic heterocycles. The number of rotatable bonds is 4. The summed E-state index contributed by atoms with van der Waals surface area (Å²) in [7, 11) is 0. The van der Waals surface area contributed by atoms with Gasteiger partial charge in [0.1, 0.15) is 6.04 Å². The van der Waals surface area contributed by atoms with Crippen LogP contribution in [-0.4, -0.2) is 59.2 Å². The molecule has 2 aliphatic rings. The van der Waals surface area contributed by atoms with Gasteiger partial charge in [0.05, 0.1) is 13.0 Å². The van der Waals surface area contributed by atoms with Crippen LogP contribution < -0.4 is 10.6 Å². The first-order valence-electron chi connectivity index (χ1n) is 8.56. The molecular formula is C18H22N4O4. The van der Waals surface area contributed by atoms with E-state index in [4.69, 9.17) is 0 Å². The fourth-order valence-corrected chi connectivity index (χ4v) is 3.12. The summed E-state index contributed by atoms with van der Waals surface area (Å²) in [5.41, 5.74) is 3.45. The first-order chi connectivity index (χ1) is 12.3. The van der Waals surface area contributed by atoms with Gasteiger partial charge in [-0.1, -0.05) is 18.2 Å². The minimum atomic E-state index is -0.862. The first kappa shape index (κ1) is 17.9. The van der Waals surface area contributed by atoms with Crippen molar-refractivity contribution < 1.29 is 19.2 Å². The van der Waals surface area contributed by atoms with Crippen molar-refractivity contribution >= 4 is 23.8 Å². The standard InChI is InChI=1S/C18H22N4O4/c1-11-3-4-13(7-12(11)2)9-21-5-6-22(10-16(21)24)15(23)8-14-17(25)20-18(26)19-14/h3-4,7,14H,5-6,8-10H2,1-2H3,(H2,19,20,25,26)/t14-/m1/s1. The lowest BCUT2D eigenvalue weighted by Crippen LogP contribution is -2.52. The van der Waals surface area contributed by atoms with Gasteiger partial charge in [0, 0.05) is 19.6 Å². The lowest BCUT2D eigenvalue weighted by molar-refractivity contribution is -0.146.